The number of carbonyl (C=O) groups is 1. The van der Waals surface area contributed by atoms with E-state index in [1.807, 2.05) is 6.92 Å². The van der Waals surface area contributed by atoms with Crippen molar-refractivity contribution in [3.05, 3.63) is 59.2 Å². The average molecular weight is 461 g/mol. The molecule has 0 aliphatic carbocycles. The van der Waals surface area contributed by atoms with E-state index in [0.717, 1.165) is 25.7 Å². The van der Waals surface area contributed by atoms with Crippen molar-refractivity contribution >= 4 is 5.97 Å². The number of halogens is 2. The van der Waals surface area contributed by atoms with E-state index in [1.54, 1.807) is 24.3 Å². The summed E-state index contributed by atoms with van der Waals surface area (Å²) in [7, 11) is 0. The summed E-state index contributed by atoms with van der Waals surface area (Å²) >= 11 is 0. The van der Waals surface area contributed by atoms with Crippen molar-refractivity contribution in [3.8, 4) is 11.5 Å². The summed E-state index contributed by atoms with van der Waals surface area (Å²) in [5, 5.41) is 0. The lowest BCUT2D eigenvalue weighted by Gasteiger charge is -2.10. The van der Waals surface area contributed by atoms with Crippen molar-refractivity contribution in [2.24, 2.45) is 0 Å². The van der Waals surface area contributed by atoms with Gasteiger partial charge in [0.2, 0.25) is 5.82 Å². The Hall–Kier alpha value is -2.43. The van der Waals surface area contributed by atoms with Crippen LogP contribution in [0.1, 0.15) is 100 Å². The molecule has 0 bridgehead atoms. The van der Waals surface area contributed by atoms with Crippen molar-refractivity contribution < 1.29 is 23.0 Å². The van der Waals surface area contributed by atoms with Gasteiger partial charge in [-0.2, -0.15) is 4.39 Å². The molecule has 0 spiro atoms. The molecule has 0 heterocycles. The zero-order chi connectivity index (χ0) is 23.9. The number of benzene rings is 2. The van der Waals surface area contributed by atoms with Gasteiger partial charge >= 0.3 is 5.97 Å². The molecule has 0 amide bonds. The standard InChI is InChI=1S/C28H38F2O3/c1-3-5-6-7-8-9-10-11-12-13-14-22-17-20-25(27(30)26(22)29)33-28(31)23-15-18-24(19-16-23)32-21-4-2/h15-20H,3-14,21H2,1-2H3. The van der Waals surface area contributed by atoms with Gasteiger partial charge in [0, 0.05) is 0 Å². The minimum atomic E-state index is -1.11. The van der Waals surface area contributed by atoms with Gasteiger partial charge in [-0.3, -0.25) is 0 Å². The molecule has 0 aliphatic rings. The van der Waals surface area contributed by atoms with E-state index < -0.39 is 23.4 Å². The van der Waals surface area contributed by atoms with Crippen LogP contribution in [0.3, 0.4) is 0 Å². The normalized spacial score (nSPS) is 10.9. The van der Waals surface area contributed by atoms with Crippen LogP contribution in [-0.4, -0.2) is 12.6 Å². The lowest BCUT2D eigenvalue weighted by molar-refractivity contribution is 0.0726. The molecule has 0 saturated carbocycles. The first-order valence-corrected chi connectivity index (χ1v) is 12.5. The molecule has 3 nitrogen and oxygen atoms in total. The molecule has 0 saturated heterocycles. The van der Waals surface area contributed by atoms with Gasteiger partial charge in [-0.25, -0.2) is 9.18 Å². The maximum atomic E-state index is 14.5. The fourth-order valence-corrected chi connectivity index (χ4v) is 3.71. The summed E-state index contributed by atoms with van der Waals surface area (Å²) in [5.74, 6) is -2.54. The summed E-state index contributed by atoms with van der Waals surface area (Å²) in [6.07, 6.45) is 13.3. The monoisotopic (exact) mass is 460 g/mol. The van der Waals surface area contributed by atoms with E-state index in [4.69, 9.17) is 9.47 Å². The number of ether oxygens (including phenoxy) is 2. The zero-order valence-corrected chi connectivity index (χ0v) is 20.1. The fraction of sp³-hybridized carbons (Fsp3) is 0.536. The van der Waals surface area contributed by atoms with Crippen LogP contribution in [0.2, 0.25) is 0 Å². The third-order valence-corrected chi connectivity index (χ3v) is 5.69. The largest absolute Gasteiger partial charge is 0.494 e. The molecular formula is C28H38F2O3. The first-order valence-electron chi connectivity index (χ1n) is 12.5. The zero-order valence-electron chi connectivity index (χ0n) is 20.1. The maximum Gasteiger partial charge on any atom is 0.343 e. The Morgan fingerprint density at radius 3 is 1.94 bits per heavy atom. The molecule has 5 heteroatoms. The summed E-state index contributed by atoms with van der Waals surface area (Å²) in [5.41, 5.74) is 0.567. The Kier molecular flexibility index (Phi) is 12.5. The van der Waals surface area contributed by atoms with Crippen LogP contribution in [0, 0.1) is 11.6 Å². The van der Waals surface area contributed by atoms with Gasteiger partial charge in [0.25, 0.3) is 0 Å². The van der Waals surface area contributed by atoms with Gasteiger partial charge in [0.05, 0.1) is 12.2 Å². The van der Waals surface area contributed by atoms with Gasteiger partial charge in [-0.05, 0) is 55.2 Å². The Bertz CT molecular complexity index is 834. The molecule has 0 fully saturated rings. The highest BCUT2D eigenvalue weighted by Gasteiger charge is 2.18. The van der Waals surface area contributed by atoms with Gasteiger partial charge in [0.1, 0.15) is 5.75 Å². The smallest absolute Gasteiger partial charge is 0.343 e. The SMILES string of the molecule is CCCCCCCCCCCCc1ccc(OC(=O)c2ccc(OCCC)cc2)c(F)c1F. The van der Waals surface area contributed by atoms with Crippen molar-refractivity contribution in [2.75, 3.05) is 6.61 Å². The third kappa shape index (κ3) is 9.53. The molecule has 0 aliphatic heterocycles. The van der Waals surface area contributed by atoms with Crippen molar-refractivity contribution in [3.63, 3.8) is 0 Å². The predicted octanol–water partition coefficient (Wildman–Crippen LogP) is 8.44. The highest BCUT2D eigenvalue weighted by molar-refractivity contribution is 5.91. The second kappa shape index (κ2) is 15.4. The van der Waals surface area contributed by atoms with Crippen LogP contribution < -0.4 is 9.47 Å². The van der Waals surface area contributed by atoms with E-state index in [2.05, 4.69) is 6.92 Å². The van der Waals surface area contributed by atoms with Crippen LogP contribution in [0.5, 0.6) is 11.5 Å². The van der Waals surface area contributed by atoms with E-state index in [-0.39, 0.29) is 5.56 Å². The van der Waals surface area contributed by atoms with Crippen molar-refractivity contribution in [1.82, 2.24) is 0 Å². The Labute approximate surface area is 197 Å². The summed E-state index contributed by atoms with van der Waals surface area (Å²) in [6.45, 7) is 4.81. The Morgan fingerprint density at radius 1 is 0.727 bits per heavy atom. The lowest BCUT2D eigenvalue weighted by atomic mass is 10.0. The minimum absolute atomic E-state index is 0.244. The van der Waals surface area contributed by atoms with Crippen LogP contribution in [0.4, 0.5) is 8.78 Å². The topological polar surface area (TPSA) is 35.5 Å². The Morgan fingerprint density at radius 2 is 1.33 bits per heavy atom. The minimum Gasteiger partial charge on any atom is -0.494 e. The molecular weight excluding hydrogens is 422 g/mol. The molecule has 2 aromatic carbocycles. The predicted molar refractivity (Wildman–Crippen MR) is 129 cm³/mol. The summed E-state index contributed by atoms with van der Waals surface area (Å²) < 4.78 is 39.5. The third-order valence-electron chi connectivity index (χ3n) is 5.69. The first-order chi connectivity index (χ1) is 16.1. The molecule has 2 rings (SSSR count). The number of esters is 1. The average Bonchev–Trinajstić information content (AvgIpc) is 2.83. The van der Waals surface area contributed by atoms with Crippen molar-refractivity contribution in [1.29, 1.82) is 0 Å². The highest BCUT2D eigenvalue weighted by Crippen LogP contribution is 2.25. The number of unbranched alkanes of at least 4 members (excludes halogenated alkanes) is 9. The number of aryl methyl sites for hydroxylation is 1. The highest BCUT2D eigenvalue weighted by atomic mass is 19.2. The molecule has 0 unspecified atom stereocenters. The van der Waals surface area contributed by atoms with E-state index >= 15 is 0 Å². The van der Waals surface area contributed by atoms with Gasteiger partial charge in [-0.1, -0.05) is 77.7 Å². The van der Waals surface area contributed by atoms with Gasteiger partial charge in [0.15, 0.2) is 11.6 Å². The maximum absolute atomic E-state index is 14.5. The Balaban J connectivity index is 1.77. The van der Waals surface area contributed by atoms with Crippen LogP contribution in [-0.2, 0) is 6.42 Å². The second-order valence-corrected chi connectivity index (χ2v) is 8.55. The quantitative estimate of drug-likeness (QED) is 0.143. The molecule has 0 N–H and O–H groups in total. The van der Waals surface area contributed by atoms with E-state index in [9.17, 15) is 13.6 Å². The van der Waals surface area contributed by atoms with Gasteiger partial charge in [-0.15, -0.1) is 0 Å². The van der Waals surface area contributed by atoms with E-state index in [1.165, 1.54) is 57.1 Å². The van der Waals surface area contributed by atoms with Crippen LogP contribution in [0.15, 0.2) is 36.4 Å². The van der Waals surface area contributed by atoms with Gasteiger partial charge < -0.3 is 9.47 Å². The van der Waals surface area contributed by atoms with Crippen molar-refractivity contribution in [2.45, 2.75) is 90.9 Å². The molecule has 33 heavy (non-hydrogen) atoms. The second-order valence-electron chi connectivity index (χ2n) is 8.55. The fourth-order valence-electron chi connectivity index (χ4n) is 3.71. The number of carbonyl (C=O) groups excluding carboxylic acids is 1. The molecule has 2 aromatic rings. The molecule has 0 radical (unpaired) electrons. The number of hydrogen-bond donors (Lipinski definition) is 0. The lowest BCUT2D eigenvalue weighted by Crippen LogP contribution is -2.10. The molecule has 0 aromatic heterocycles. The first kappa shape index (κ1) is 26.8. The number of hydrogen-bond acceptors (Lipinski definition) is 3. The van der Waals surface area contributed by atoms with E-state index in [0.29, 0.717) is 24.3 Å². The summed E-state index contributed by atoms with van der Waals surface area (Å²) in [4.78, 5) is 12.3. The number of rotatable bonds is 16. The molecule has 182 valence electrons. The van der Waals surface area contributed by atoms with Crippen LogP contribution in [0.25, 0.3) is 0 Å². The molecule has 0 atom stereocenters. The van der Waals surface area contributed by atoms with Crippen LogP contribution >= 0.6 is 0 Å². The summed E-state index contributed by atoms with van der Waals surface area (Å²) in [6, 6.07) is 9.23.